The molecule has 74 valence electrons. The molecule has 0 heterocycles. The summed E-state index contributed by atoms with van der Waals surface area (Å²) in [6, 6.07) is 5.99. The Hall–Kier alpha value is 3.29. The summed E-state index contributed by atoms with van der Waals surface area (Å²) >= 11 is 0. The molecule has 3 nitrogen and oxygen atoms in total. The number of benzene rings is 1. The molecule has 1 rings (SSSR count). The van der Waals surface area contributed by atoms with Crippen molar-refractivity contribution in [3.05, 3.63) is 24.3 Å². The zero-order chi connectivity index (χ0) is 8.48. The molecule has 0 fully saturated rings. The molecule has 0 radical (unpaired) electrons. The molecule has 0 aliphatic carbocycles. The van der Waals surface area contributed by atoms with Crippen LogP contribution in [-0.2, 0) is 10.1 Å². The Morgan fingerprint density at radius 2 is 1.60 bits per heavy atom. The van der Waals surface area contributed by atoms with Crippen molar-refractivity contribution in [1.82, 2.24) is 0 Å². The van der Waals surface area contributed by atoms with Gasteiger partial charge in [0.25, 0.3) is 10.1 Å². The average molecular weight is 390 g/mol. The predicted molar refractivity (Wildman–Crippen MR) is 82.5 cm³/mol. The molecule has 9 heteroatoms. The predicted octanol–water partition coefficient (Wildman–Crippen LogP) is -0.894. The van der Waals surface area contributed by atoms with Crippen molar-refractivity contribution in [2.45, 2.75) is 4.90 Å². The summed E-state index contributed by atoms with van der Waals surface area (Å²) in [7, 11) is -1.69. The van der Waals surface area contributed by atoms with Gasteiger partial charge in [-0.15, -0.1) is 33.2 Å². The van der Waals surface area contributed by atoms with Gasteiger partial charge in [0.2, 0.25) is 0 Å². The Morgan fingerprint density at radius 3 is 1.87 bits per heavy atom. The van der Waals surface area contributed by atoms with E-state index in [1.165, 1.54) is 12.1 Å². The molecule has 0 saturated heterocycles. The van der Waals surface area contributed by atoms with Crippen molar-refractivity contribution in [3.8, 4) is 0 Å². The first-order valence-corrected chi connectivity index (χ1v) is 4.85. The van der Waals surface area contributed by atoms with Gasteiger partial charge < -0.3 is 0 Å². The fourth-order valence-corrected chi connectivity index (χ4v) is 1.62. The van der Waals surface area contributed by atoms with E-state index < -0.39 is 10.1 Å². The van der Waals surface area contributed by atoms with Crippen molar-refractivity contribution in [2.24, 2.45) is 0 Å². The van der Waals surface area contributed by atoms with E-state index in [-0.39, 0.29) is 118 Å². The molecule has 15 heavy (non-hydrogen) atoms. The van der Waals surface area contributed by atoms with Crippen LogP contribution in [0.25, 0.3) is 0 Å². The van der Waals surface area contributed by atoms with E-state index in [0.717, 1.165) is 5.30 Å². The summed E-state index contributed by atoms with van der Waals surface area (Å²) in [5.41, 5.74) is 0. The van der Waals surface area contributed by atoms with Crippen LogP contribution >= 0.6 is 33.2 Å². The Morgan fingerprint density at radius 1 is 1.13 bits per heavy atom. The first-order chi connectivity index (χ1) is 5.00. The molecular weight excluding hydrogens is 379 g/mol. The summed E-state index contributed by atoms with van der Waals surface area (Å²) in [6.45, 7) is 0. The van der Waals surface area contributed by atoms with E-state index in [1.807, 2.05) is 0 Å². The first kappa shape index (κ1) is 26.8. The van der Waals surface area contributed by atoms with Crippen LogP contribution in [0.2, 0.25) is 0 Å². The molecule has 0 amide bonds. The Bertz CT molecular complexity index is 374. The van der Waals surface area contributed by atoms with E-state index in [1.54, 1.807) is 12.1 Å². The Kier molecular flexibility index (Phi) is 22.0. The third-order valence-electron chi connectivity index (χ3n) is 1.16. The SMILES string of the molecule is I.O=S(=O)(O)c1cccc(P)c1.[NaH].[NaH].[NaH]. The van der Waals surface area contributed by atoms with Crippen molar-refractivity contribution < 1.29 is 13.0 Å². The van der Waals surface area contributed by atoms with Crippen molar-refractivity contribution >= 4 is 137 Å². The summed E-state index contributed by atoms with van der Waals surface area (Å²) in [4.78, 5) is -0.0787. The second-order valence-electron chi connectivity index (χ2n) is 2.05. The van der Waals surface area contributed by atoms with Crippen LogP contribution in [0.1, 0.15) is 0 Å². The molecule has 1 aromatic carbocycles. The van der Waals surface area contributed by atoms with Crippen LogP contribution in [0.3, 0.4) is 0 Å². The number of halogens is 1. The minimum atomic E-state index is -4.04. The van der Waals surface area contributed by atoms with Gasteiger partial charge >= 0.3 is 88.7 Å². The fourth-order valence-electron chi connectivity index (χ4n) is 0.675. The van der Waals surface area contributed by atoms with E-state index in [2.05, 4.69) is 9.24 Å². The molecular formula is C6H11INa3O3PS. The molecule has 0 aliphatic rings. The molecule has 0 aliphatic heterocycles. The van der Waals surface area contributed by atoms with E-state index in [9.17, 15) is 8.42 Å². The Balaban J connectivity index is -0.000000151. The molecule has 1 unspecified atom stereocenters. The summed E-state index contributed by atoms with van der Waals surface area (Å²) in [6.07, 6.45) is 0. The number of hydrogen-bond donors (Lipinski definition) is 1. The molecule has 1 N–H and O–H groups in total. The molecule has 0 spiro atoms. The van der Waals surface area contributed by atoms with Crippen molar-refractivity contribution in [1.29, 1.82) is 0 Å². The standard InChI is InChI=1S/C6H7O3PS.HI.3Na.3H/c7-11(8,9)6-3-1-2-5(10)4-6;;;;;;;/h1-4H,10H2,(H,7,8,9);1H;;;;;;. The van der Waals surface area contributed by atoms with Crippen LogP contribution < -0.4 is 5.30 Å². The topological polar surface area (TPSA) is 54.4 Å². The minimum absolute atomic E-state index is 0. The van der Waals surface area contributed by atoms with Crippen LogP contribution in [0.4, 0.5) is 0 Å². The van der Waals surface area contributed by atoms with Crippen molar-refractivity contribution in [2.75, 3.05) is 0 Å². The third kappa shape index (κ3) is 10.9. The van der Waals surface area contributed by atoms with Crippen molar-refractivity contribution in [3.63, 3.8) is 0 Å². The van der Waals surface area contributed by atoms with Gasteiger partial charge in [0.15, 0.2) is 0 Å². The quantitative estimate of drug-likeness (QED) is 0.293. The maximum atomic E-state index is 10.5. The number of rotatable bonds is 1. The van der Waals surface area contributed by atoms with Crippen LogP contribution in [0, 0.1) is 0 Å². The summed E-state index contributed by atoms with van der Waals surface area (Å²) in [5.74, 6) is 0. The second-order valence-corrected chi connectivity index (χ2v) is 4.14. The fraction of sp³-hybridized carbons (Fsp3) is 0. The average Bonchev–Trinajstić information content (AvgIpc) is 1.86. The van der Waals surface area contributed by atoms with Gasteiger partial charge in [-0.2, -0.15) is 8.42 Å². The summed E-state index contributed by atoms with van der Waals surface area (Å²) in [5, 5.41) is 0.722. The van der Waals surface area contributed by atoms with E-state index >= 15 is 0 Å². The zero-order valence-corrected chi connectivity index (χ0v) is 10.3. The molecule has 0 saturated carbocycles. The van der Waals surface area contributed by atoms with Gasteiger partial charge in [-0.25, -0.2) is 0 Å². The number of hydrogen-bond acceptors (Lipinski definition) is 2. The van der Waals surface area contributed by atoms with E-state index in [0.29, 0.717) is 0 Å². The van der Waals surface area contributed by atoms with Gasteiger partial charge in [-0.05, 0) is 17.4 Å². The van der Waals surface area contributed by atoms with Crippen LogP contribution in [-0.4, -0.2) is 102 Å². The summed E-state index contributed by atoms with van der Waals surface area (Å²) < 4.78 is 29.6. The second kappa shape index (κ2) is 12.3. The molecule has 0 bridgehead atoms. The first-order valence-electron chi connectivity index (χ1n) is 2.83. The molecule has 1 aromatic rings. The van der Waals surface area contributed by atoms with Gasteiger partial charge in [-0.1, -0.05) is 12.1 Å². The Labute approximate surface area is 176 Å². The van der Waals surface area contributed by atoms with Crippen LogP contribution in [0.5, 0.6) is 0 Å². The monoisotopic (exact) mass is 390 g/mol. The van der Waals surface area contributed by atoms with Gasteiger partial charge in [0.05, 0.1) is 4.90 Å². The van der Waals surface area contributed by atoms with Crippen LogP contribution in [0.15, 0.2) is 29.2 Å². The maximum absolute atomic E-state index is 10.5. The van der Waals surface area contributed by atoms with Gasteiger partial charge in [-0.3, -0.25) is 4.55 Å². The molecule has 1 atom stereocenters. The van der Waals surface area contributed by atoms with Gasteiger partial charge in [0, 0.05) is 0 Å². The zero-order valence-electron chi connectivity index (χ0n) is 5.97. The normalized spacial score (nSPS) is 8.40. The van der Waals surface area contributed by atoms with Gasteiger partial charge in [0.1, 0.15) is 0 Å². The van der Waals surface area contributed by atoms with E-state index in [4.69, 9.17) is 4.55 Å². The molecule has 0 aromatic heterocycles. The third-order valence-corrected chi connectivity index (χ3v) is 2.36.